The zero-order valence-corrected chi connectivity index (χ0v) is 11.5. The lowest BCUT2D eigenvalue weighted by molar-refractivity contribution is -0.0218. The van der Waals surface area contributed by atoms with Gasteiger partial charge in [-0.15, -0.1) is 0 Å². The first-order valence-corrected chi connectivity index (χ1v) is 5.88. The molecule has 1 amide bonds. The predicted octanol–water partition coefficient (Wildman–Crippen LogP) is 2.59. The standard InChI is InChI=1S/C13H23NO3/c1-10-7-14(9-13(5,6)16-8-10)11(15)17-12(2,3)4/h1,7-9H2,2-6H3. The Morgan fingerprint density at radius 2 is 2.06 bits per heavy atom. The lowest BCUT2D eigenvalue weighted by Gasteiger charge is -2.30. The normalized spacial score (nSPS) is 21.0. The maximum atomic E-state index is 12.0. The first kappa shape index (κ1) is 14.0. The summed E-state index contributed by atoms with van der Waals surface area (Å²) in [7, 11) is 0. The molecule has 0 aromatic carbocycles. The summed E-state index contributed by atoms with van der Waals surface area (Å²) in [5.74, 6) is 0. The number of carbonyl (C=O) groups is 1. The van der Waals surface area contributed by atoms with Crippen LogP contribution >= 0.6 is 0 Å². The van der Waals surface area contributed by atoms with Crippen molar-refractivity contribution in [3.05, 3.63) is 12.2 Å². The largest absolute Gasteiger partial charge is 0.444 e. The molecule has 0 bridgehead atoms. The topological polar surface area (TPSA) is 38.8 Å². The molecule has 0 unspecified atom stereocenters. The quantitative estimate of drug-likeness (QED) is 0.612. The number of hydrogen-bond acceptors (Lipinski definition) is 3. The average Bonchev–Trinajstić information content (AvgIpc) is 2.23. The summed E-state index contributed by atoms with van der Waals surface area (Å²) in [6, 6.07) is 0. The molecular weight excluding hydrogens is 218 g/mol. The van der Waals surface area contributed by atoms with E-state index >= 15 is 0 Å². The van der Waals surface area contributed by atoms with Crippen LogP contribution < -0.4 is 0 Å². The molecule has 4 heteroatoms. The predicted molar refractivity (Wildman–Crippen MR) is 67.0 cm³/mol. The van der Waals surface area contributed by atoms with Crippen molar-refractivity contribution < 1.29 is 14.3 Å². The fourth-order valence-electron chi connectivity index (χ4n) is 1.63. The van der Waals surface area contributed by atoms with E-state index in [1.807, 2.05) is 34.6 Å². The van der Waals surface area contributed by atoms with Crippen molar-refractivity contribution >= 4 is 6.09 Å². The molecule has 98 valence electrons. The van der Waals surface area contributed by atoms with Gasteiger partial charge in [-0.25, -0.2) is 4.79 Å². The van der Waals surface area contributed by atoms with Gasteiger partial charge < -0.3 is 14.4 Å². The van der Waals surface area contributed by atoms with Crippen molar-refractivity contribution in [2.75, 3.05) is 19.7 Å². The summed E-state index contributed by atoms with van der Waals surface area (Å²) >= 11 is 0. The number of ether oxygens (including phenoxy) is 2. The highest BCUT2D eigenvalue weighted by Crippen LogP contribution is 2.20. The maximum Gasteiger partial charge on any atom is 0.410 e. The molecule has 0 saturated carbocycles. The highest BCUT2D eigenvalue weighted by atomic mass is 16.6. The van der Waals surface area contributed by atoms with Gasteiger partial charge in [-0.05, 0) is 40.2 Å². The van der Waals surface area contributed by atoms with Crippen LogP contribution in [-0.4, -0.2) is 41.9 Å². The second kappa shape index (κ2) is 4.69. The van der Waals surface area contributed by atoms with Gasteiger partial charge in [0.15, 0.2) is 0 Å². The van der Waals surface area contributed by atoms with Gasteiger partial charge in [0.2, 0.25) is 0 Å². The second-order valence-electron chi connectivity index (χ2n) is 6.13. The molecule has 1 heterocycles. The summed E-state index contributed by atoms with van der Waals surface area (Å²) in [5.41, 5.74) is 0.0490. The molecule has 4 nitrogen and oxygen atoms in total. The van der Waals surface area contributed by atoms with Crippen LogP contribution in [0.4, 0.5) is 4.79 Å². The van der Waals surface area contributed by atoms with Gasteiger partial charge in [-0.3, -0.25) is 0 Å². The molecule has 0 aliphatic carbocycles. The summed E-state index contributed by atoms with van der Waals surface area (Å²) in [6.07, 6.45) is -0.308. The molecule has 0 spiro atoms. The van der Waals surface area contributed by atoms with E-state index in [1.165, 1.54) is 0 Å². The highest BCUT2D eigenvalue weighted by Gasteiger charge is 2.31. The van der Waals surface area contributed by atoms with Crippen molar-refractivity contribution in [1.29, 1.82) is 0 Å². The number of carbonyl (C=O) groups excluding carboxylic acids is 1. The van der Waals surface area contributed by atoms with E-state index in [-0.39, 0.29) is 11.7 Å². The third-order valence-corrected chi connectivity index (χ3v) is 2.30. The summed E-state index contributed by atoms with van der Waals surface area (Å²) in [6.45, 7) is 14.9. The first-order valence-electron chi connectivity index (χ1n) is 5.88. The Balaban J connectivity index is 2.74. The minimum atomic E-state index is -0.476. The summed E-state index contributed by atoms with van der Waals surface area (Å²) < 4.78 is 11.0. The van der Waals surface area contributed by atoms with E-state index in [0.29, 0.717) is 19.7 Å². The molecule has 0 aromatic rings. The van der Waals surface area contributed by atoms with E-state index in [9.17, 15) is 4.79 Å². The second-order valence-corrected chi connectivity index (χ2v) is 6.13. The average molecular weight is 241 g/mol. The van der Waals surface area contributed by atoms with Crippen molar-refractivity contribution in [3.63, 3.8) is 0 Å². The van der Waals surface area contributed by atoms with Gasteiger partial charge in [0.25, 0.3) is 0 Å². The van der Waals surface area contributed by atoms with Gasteiger partial charge in [-0.2, -0.15) is 0 Å². The fourth-order valence-corrected chi connectivity index (χ4v) is 1.63. The van der Waals surface area contributed by atoms with E-state index in [2.05, 4.69) is 6.58 Å². The third kappa shape index (κ3) is 4.77. The van der Waals surface area contributed by atoms with Crippen LogP contribution in [0.3, 0.4) is 0 Å². The van der Waals surface area contributed by atoms with Crippen molar-refractivity contribution in [3.8, 4) is 0 Å². The Morgan fingerprint density at radius 3 is 2.59 bits per heavy atom. The van der Waals surface area contributed by atoms with Crippen molar-refractivity contribution in [2.45, 2.75) is 45.8 Å². The van der Waals surface area contributed by atoms with Crippen LogP contribution in [0.15, 0.2) is 12.2 Å². The highest BCUT2D eigenvalue weighted by molar-refractivity contribution is 5.68. The van der Waals surface area contributed by atoms with Crippen LogP contribution in [0, 0.1) is 0 Å². The maximum absolute atomic E-state index is 12.0. The van der Waals surface area contributed by atoms with Crippen LogP contribution in [0.25, 0.3) is 0 Å². The number of amides is 1. The summed E-state index contributed by atoms with van der Waals surface area (Å²) in [5, 5.41) is 0. The third-order valence-electron chi connectivity index (χ3n) is 2.30. The smallest absolute Gasteiger partial charge is 0.410 e. The molecule has 0 radical (unpaired) electrons. The molecule has 0 aromatic heterocycles. The molecule has 1 fully saturated rings. The molecule has 1 aliphatic rings. The van der Waals surface area contributed by atoms with Crippen LogP contribution in [0.1, 0.15) is 34.6 Å². The lowest BCUT2D eigenvalue weighted by atomic mass is 10.1. The molecule has 0 N–H and O–H groups in total. The molecule has 0 atom stereocenters. The zero-order valence-electron chi connectivity index (χ0n) is 11.5. The molecule has 1 aliphatic heterocycles. The van der Waals surface area contributed by atoms with E-state index < -0.39 is 5.60 Å². The number of hydrogen-bond donors (Lipinski definition) is 0. The first-order chi connectivity index (χ1) is 7.59. The Bertz CT molecular complexity index is 315. The number of nitrogens with zero attached hydrogens (tertiary/aromatic N) is 1. The number of rotatable bonds is 0. The Morgan fingerprint density at radius 1 is 1.47 bits per heavy atom. The molecular formula is C13H23NO3. The van der Waals surface area contributed by atoms with Crippen molar-refractivity contribution in [1.82, 2.24) is 4.90 Å². The van der Waals surface area contributed by atoms with Gasteiger partial charge >= 0.3 is 6.09 Å². The van der Waals surface area contributed by atoms with Gasteiger partial charge in [0.05, 0.1) is 18.8 Å². The van der Waals surface area contributed by atoms with Crippen LogP contribution in [-0.2, 0) is 9.47 Å². The Kier molecular flexibility index (Phi) is 3.87. The SMILES string of the molecule is C=C1COC(C)(C)CN(C(=O)OC(C)(C)C)C1. The van der Waals surface area contributed by atoms with Gasteiger partial charge in [0.1, 0.15) is 5.60 Å². The minimum absolute atomic E-state index is 0.308. The van der Waals surface area contributed by atoms with Gasteiger partial charge in [-0.1, -0.05) is 6.58 Å². The van der Waals surface area contributed by atoms with E-state index in [4.69, 9.17) is 9.47 Å². The van der Waals surface area contributed by atoms with Crippen LogP contribution in [0.2, 0.25) is 0 Å². The van der Waals surface area contributed by atoms with E-state index in [1.54, 1.807) is 4.90 Å². The molecule has 1 rings (SSSR count). The minimum Gasteiger partial charge on any atom is -0.444 e. The molecule has 1 saturated heterocycles. The molecule has 17 heavy (non-hydrogen) atoms. The monoisotopic (exact) mass is 241 g/mol. The van der Waals surface area contributed by atoms with Crippen LogP contribution in [0.5, 0.6) is 0 Å². The lowest BCUT2D eigenvalue weighted by Crippen LogP contribution is -2.44. The Hall–Kier alpha value is -1.03. The fraction of sp³-hybridized carbons (Fsp3) is 0.769. The van der Waals surface area contributed by atoms with E-state index in [0.717, 1.165) is 5.57 Å². The van der Waals surface area contributed by atoms with Crippen molar-refractivity contribution in [2.24, 2.45) is 0 Å². The van der Waals surface area contributed by atoms with Gasteiger partial charge in [0, 0.05) is 6.54 Å². The zero-order chi connectivity index (χ0) is 13.3. The Labute approximate surface area is 104 Å². The summed E-state index contributed by atoms with van der Waals surface area (Å²) in [4.78, 5) is 13.7.